The van der Waals surface area contributed by atoms with E-state index in [-0.39, 0.29) is 0 Å². The lowest BCUT2D eigenvalue weighted by Crippen LogP contribution is -2.20. The SMILES string of the molecule is CCNc1cncc(N2CCC(CCO)C2)c1. The summed E-state index contributed by atoms with van der Waals surface area (Å²) in [4.78, 5) is 6.62. The molecule has 2 N–H and O–H groups in total. The van der Waals surface area contributed by atoms with Crippen LogP contribution in [0.25, 0.3) is 0 Å². The molecule has 4 nitrogen and oxygen atoms in total. The van der Waals surface area contributed by atoms with Gasteiger partial charge >= 0.3 is 0 Å². The highest BCUT2D eigenvalue weighted by Gasteiger charge is 2.22. The van der Waals surface area contributed by atoms with Crippen LogP contribution in [0, 0.1) is 5.92 Å². The van der Waals surface area contributed by atoms with Gasteiger partial charge in [0, 0.05) is 26.2 Å². The molecule has 2 rings (SSSR count). The van der Waals surface area contributed by atoms with Crippen LogP contribution >= 0.6 is 0 Å². The molecule has 1 aromatic heterocycles. The van der Waals surface area contributed by atoms with E-state index in [9.17, 15) is 0 Å². The molecule has 0 spiro atoms. The Balaban J connectivity index is 2.00. The zero-order valence-corrected chi connectivity index (χ0v) is 10.4. The number of pyridine rings is 1. The van der Waals surface area contributed by atoms with E-state index < -0.39 is 0 Å². The average molecular weight is 235 g/mol. The van der Waals surface area contributed by atoms with Crippen molar-refractivity contribution in [2.24, 2.45) is 5.92 Å². The van der Waals surface area contributed by atoms with Gasteiger partial charge in [0.15, 0.2) is 0 Å². The van der Waals surface area contributed by atoms with E-state index >= 15 is 0 Å². The number of nitrogens with one attached hydrogen (secondary N) is 1. The molecular formula is C13H21N3O. The highest BCUT2D eigenvalue weighted by atomic mass is 16.3. The van der Waals surface area contributed by atoms with Gasteiger partial charge in [0.05, 0.1) is 23.8 Å². The third-order valence-electron chi connectivity index (χ3n) is 3.29. The minimum absolute atomic E-state index is 0.300. The van der Waals surface area contributed by atoms with Crippen LogP contribution in [0.4, 0.5) is 11.4 Å². The van der Waals surface area contributed by atoms with Crippen molar-refractivity contribution in [3.8, 4) is 0 Å². The van der Waals surface area contributed by atoms with Crippen LogP contribution < -0.4 is 10.2 Å². The number of aliphatic hydroxyl groups excluding tert-OH is 1. The van der Waals surface area contributed by atoms with Crippen molar-refractivity contribution in [2.45, 2.75) is 19.8 Å². The Morgan fingerprint density at radius 1 is 1.53 bits per heavy atom. The van der Waals surface area contributed by atoms with Crippen molar-refractivity contribution in [1.29, 1.82) is 0 Å². The summed E-state index contributed by atoms with van der Waals surface area (Å²) in [7, 11) is 0. The molecule has 1 saturated heterocycles. The molecule has 4 heteroatoms. The Morgan fingerprint density at radius 2 is 2.41 bits per heavy atom. The van der Waals surface area contributed by atoms with E-state index in [0.29, 0.717) is 12.5 Å². The predicted octanol–water partition coefficient (Wildman–Crippen LogP) is 1.72. The summed E-state index contributed by atoms with van der Waals surface area (Å²) < 4.78 is 0. The van der Waals surface area contributed by atoms with Gasteiger partial charge in [0.25, 0.3) is 0 Å². The van der Waals surface area contributed by atoms with Crippen LogP contribution in [-0.2, 0) is 0 Å². The summed E-state index contributed by atoms with van der Waals surface area (Å²) in [6.07, 6.45) is 5.86. The molecule has 2 heterocycles. The third-order valence-corrected chi connectivity index (χ3v) is 3.29. The molecule has 0 amide bonds. The van der Waals surface area contributed by atoms with Crippen LogP contribution in [0.3, 0.4) is 0 Å². The first-order chi connectivity index (χ1) is 8.33. The Hall–Kier alpha value is -1.29. The molecule has 0 aromatic carbocycles. The Bertz CT molecular complexity index is 356. The predicted molar refractivity (Wildman–Crippen MR) is 70.4 cm³/mol. The van der Waals surface area contributed by atoms with Gasteiger partial charge in [-0.05, 0) is 31.7 Å². The second-order valence-corrected chi connectivity index (χ2v) is 4.58. The molecule has 0 aliphatic carbocycles. The first kappa shape index (κ1) is 12.2. The van der Waals surface area contributed by atoms with E-state index in [1.54, 1.807) is 0 Å². The standard InChI is InChI=1S/C13H21N3O/c1-2-15-12-7-13(9-14-8-12)16-5-3-11(10-16)4-6-17/h7-9,11,15,17H,2-6,10H2,1H3. The maximum absolute atomic E-state index is 8.96. The molecule has 1 fully saturated rings. The minimum Gasteiger partial charge on any atom is -0.396 e. The summed E-state index contributed by atoms with van der Waals surface area (Å²) >= 11 is 0. The van der Waals surface area contributed by atoms with E-state index in [2.05, 4.69) is 28.2 Å². The van der Waals surface area contributed by atoms with Gasteiger partial charge in [-0.1, -0.05) is 0 Å². The van der Waals surface area contributed by atoms with Crippen LogP contribution in [0.1, 0.15) is 19.8 Å². The highest BCUT2D eigenvalue weighted by Crippen LogP contribution is 2.26. The van der Waals surface area contributed by atoms with Gasteiger partial charge in [-0.2, -0.15) is 0 Å². The van der Waals surface area contributed by atoms with Crippen molar-refractivity contribution >= 4 is 11.4 Å². The van der Waals surface area contributed by atoms with Crippen LogP contribution in [0.5, 0.6) is 0 Å². The fourth-order valence-corrected chi connectivity index (χ4v) is 2.39. The van der Waals surface area contributed by atoms with E-state index in [4.69, 9.17) is 5.11 Å². The molecule has 0 bridgehead atoms. The van der Waals surface area contributed by atoms with Gasteiger partial charge in [-0.3, -0.25) is 4.98 Å². The molecule has 1 aliphatic rings. The summed E-state index contributed by atoms with van der Waals surface area (Å²) in [6.45, 7) is 5.41. The second kappa shape index (κ2) is 5.87. The van der Waals surface area contributed by atoms with Crippen molar-refractivity contribution in [1.82, 2.24) is 4.98 Å². The lowest BCUT2D eigenvalue weighted by Gasteiger charge is -2.19. The largest absolute Gasteiger partial charge is 0.396 e. The first-order valence-corrected chi connectivity index (χ1v) is 6.38. The number of rotatable bonds is 5. The van der Waals surface area contributed by atoms with E-state index in [1.807, 2.05) is 12.4 Å². The van der Waals surface area contributed by atoms with Crippen LogP contribution in [-0.4, -0.2) is 36.3 Å². The Morgan fingerprint density at radius 3 is 3.18 bits per heavy atom. The highest BCUT2D eigenvalue weighted by molar-refractivity contribution is 5.56. The lowest BCUT2D eigenvalue weighted by molar-refractivity contribution is 0.263. The normalized spacial score (nSPS) is 19.6. The fraction of sp³-hybridized carbons (Fsp3) is 0.615. The summed E-state index contributed by atoms with van der Waals surface area (Å²) in [6, 6.07) is 2.15. The minimum atomic E-state index is 0.300. The fourth-order valence-electron chi connectivity index (χ4n) is 2.39. The number of hydrogen-bond acceptors (Lipinski definition) is 4. The maximum atomic E-state index is 8.96. The number of aliphatic hydroxyl groups is 1. The summed E-state index contributed by atoms with van der Waals surface area (Å²) in [5.74, 6) is 0.628. The van der Waals surface area contributed by atoms with Gasteiger partial charge in [-0.25, -0.2) is 0 Å². The quantitative estimate of drug-likeness (QED) is 0.816. The number of nitrogens with zero attached hydrogens (tertiary/aromatic N) is 2. The summed E-state index contributed by atoms with van der Waals surface area (Å²) in [5, 5.41) is 12.2. The van der Waals surface area contributed by atoms with Gasteiger partial charge in [-0.15, -0.1) is 0 Å². The maximum Gasteiger partial charge on any atom is 0.0573 e. The summed E-state index contributed by atoms with van der Waals surface area (Å²) in [5.41, 5.74) is 2.26. The van der Waals surface area contributed by atoms with Crippen molar-refractivity contribution in [2.75, 3.05) is 36.5 Å². The van der Waals surface area contributed by atoms with Crippen LogP contribution in [0.15, 0.2) is 18.5 Å². The molecule has 0 saturated carbocycles. The zero-order chi connectivity index (χ0) is 12.1. The average Bonchev–Trinajstić information content (AvgIpc) is 2.79. The van der Waals surface area contributed by atoms with Crippen molar-refractivity contribution < 1.29 is 5.11 Å². The zero-order valence-electron chi connectivity index (χ0n) is 10.4. The second-order valence-electron chi connectivity index (χ2n) is 4.58. The van der Waals surface area contributed by atoms with Gasteiger partial charge in [0.2, 0.25) is 0 Å². The molecule has 1 atom stereocenters. The van der Waals surface area contributed by atoms with Gasteiger partial charge < -0.3 is 15.3 Å². The third kappa shape index (κ3) is 3.09. The first-order valence-electron chi connectivity index (χ1n) is 6.38. The number of hydrogen-bond donors (Lipinski definition) is 2. The molecule has 0 radical (unpaired) electrons. The topological polar surface area (TPSA) is 48.4 Å². The van der Waals surface area contributed by atoms with Crippen LogP contribution in [0.2, 0.25) is 0 Å². The Kier molecular flexibility index (Phi) is 4.20. The Labute approximate surface area is 103 Å². The number of aromatic nitrogens is 1. The van der Waals surface area contributed by atoms with E-state index in [1.165, 1.54) is 12.1 Å². The molecule has 1 aromatic rings. The van der Waals surface area contributed by atoms with E-state index in [0.717, 1.165) is 31.7 Å². The lowest BCUT2D eigenvalue weighted by atomic mass is 10.1. The smallest absolute Gasteiger partial charge is 0.0573 e. The van der Waals surface area contributed by atoms with Crippen molar-refractivity contribution in [3.05, 3.63) is 18.5 Å². The molecule has 1 unspecified atom stereocenters. The molecule has 1 aliphatic heterocycles. The molecular weight excluding hydrogens is 214 g/mol. The number of anilines is 2. The van der Waals surface area contributed by atoms with Crippen molar-refractivity contribution in [3.63, 3.8) is 0 Å². The van der Waals surface area contributed by atoms with Gasteiger partial charge in [0.1, 0.15) is 0 Å². The molecule has 94 valence electrons. The monoisotopic (exact) mass is 235 g/mol. The molecule has 17 heavy (non-hydrogen) atoms.